The molecule has 0 aromatic carbocycles. The molecule has 2 aliphatic heterocycles. The highest BCUT2D eigenvalue weighted by molar-refractivity contribution is 5.74. The largest absolute Gasteiger partial charge is 0.481 e. The zero-order valence-corrected chi connectivity index (χ0v) is 11.1. The van der Waals surface area contributed by atoms with Crippen LogP contribution in [0.2, 0.25) is 0 Å². The predicted octanol–water partition coefficient (Wildman–Crippen LogP) is 0.919. The summed E-state index contributed by atoms with van der Waals surface area (Å²) in [6.45, 7) is 3.44. The number of carboxylic acid groups (broad SMARTS) is 1. The standard InChI is InChI=1S/C13H22N2O4/c16-12(17)6-10-2-1-4-15(8-10)13(18)14-7-11-3-5-19-9-11/h10-11H,1-9H2,(H,14,18)(H,16,17). The second-order valence-electron chi connectivity index (χ2n) is 5.47. The van der Waals surface area contributed by atoms with Gasteiger partial charge in [-0.05, 0) is 25.2 Å². The van der Waals surface area contributed by atoms with Gasteiger partial charge in [-0.15, -0.1) is 0 Å². The van der Waals surface area contributed by atoms with Crippen molar-refractivity contribution in [2.24, 2.45) is 11.8 Å². The van der Waals surface area contributed by atoms with Gasteiger partial charge in [0.05, 0.1) is 6.61 Å². The lowest BCUT2D eigenvalue weighted by atomic mass is 9.95. The third kappa shape index (κ3) is 4.38. The van der Waals surface area contributed by atoms with E-state index < -0.39 is 5.97 Å². The molecule has 0 aromatic heterocycles. The molecule has 2 amide bonds. The van der Waals surface area contributed by atoms with Gasteiger partial charge in [0.1, 0.15) is 0 Å². The number of nitrogens with zero attached hydrogens (tertiary/aromatic N) is 1. The molecular formula is C13H22N2O4. The summed E-state index contributed by atoms with van der Waals surface area (Å²) in [5, 5.41) is 11.7. The highest BCUT2D eigenvalue weighted by Crippen LogP contribution is 2.19. The van der Waals surface area contributed by atoms with Crippen molar-refractivity contribution in [3.05, 3.63) is 0 Å². The molecule has 2 N–H and O–H groups in total. The fourth-order valence-corrected chi connectivity index (χ4v) is 2.75. The molecule has 0 aliphatic carbocycles. The van der Waals surface area contributed by atoms with Crippen LogP contribution < -0.4 is 5.32 Å². The highest BCUT2D eigenvalue weighted by Gasteiger charge is 2.25. The van der Waals surface area contributed by atoms with E-state index in [2.05, 4.69) is 5.32 Å². The molecular weight excluding hydrogens is 248 g/mol. The second-order valence-corrected chi connectivity index (χ2v) is 5.47. The van der Waals surface area contributed by atoms with E-state index in [9.17, 15) is 9.59 Å². The Hall–Kier alpha value is -1.30. The number of carboxylic acids is 1. The first-order valence-electron chi connectivity index (χ1n) is 6.97. The Morgan fingerprint density at radius 3 is 2.84 bits per heavy atom. The smallest absolute Gasteiger partial charge is 0.317 e. The Labute approximate surface area is 113 Å². The van der Waals surface area contributed by atoms with Crippen molar-refractivity contribution in [2.45, 2.75) is 25.7 Å². The number of carbonyl (C=O) groups excluding carboxylic acids is 1. The van der Waals surface area contributed by atoms with E-state index in [1.54, 1.807) is 4.90 Å². The number of aliphatic carboxylic acids is 1. The molecule has 2 unspecified atom stereocenters. The van der Waals surface area contributed by atoms with E-state index in [0.717, 1.165) is 39.0 Å². The van der Waals surface area contributed by atoms with E-state index in [1.807, 2.05) is 0 Å². The van der Waals surface area contributed by atoms with Crippen LogP contribution in [0.4, 0.5) is 4.79 Å². The molecule has 0 spiro atoms. The van der Waals surface area contributed by atoms with E-state index in [0.29, 0.717) is 19.0 Å². The van der Waals surface area contributed by atoms with Gasteiger partial charge in [-0.25, -0.2) is 4.79 Å². The summed E-state index contributed by atoms with van der Waals surface area (Å²) < 4.78 is 5.27. The number of carbonyl (C=O) groups is 2. The van der Waals surface area contributed by atoms with Crippen LogP contribution in [0.15, 0.2) is 0 Å². The number of amides is 2. The average Bonchev–Trinajstić information content (AvgIpc) is 2.88. The SMILES string of the molecule is O=C(O)CC1CCCN(C(=O)NCC2CCOC2)C1. The molecule has 6 nitrogen and oxygen atoms in total. The highest BCUT2D eigenvalue weighted by atomic mass is 16.5. The van der Waals surface area contributed by atoms with Crippen molar-refractivity contribution in [2.75, 3.05) is 32.8 Å². The Balaban J connectivity index is 1.73. The number of likely N-dealkylation sites (tertiary alicyclic amines) is 1. The monoisotopic (exact) mass is 270 g/mol. The van der Waals surface area contributed by atoms with Crippen LogP contribution in [0, 0.1) is 11.8 Å². The molecule has 2 fully saturated rings. The predicted molar refractivity (Wildman–Crippen MR) is 68.9 cm³/mol. The van der Waals surface area contributed by atoms with Crippen molar-refractivity contribution in [1.29, 1.82) is 0 Å². The van der Waals surface area contributed by atoms with Crippen LogP contribution in [-0.2, 0) is 9.53 Å². The van der Waals surface area contributed by atoms with E-state index in [1.165, 1.54) is 0 Å². The molecule has 2 atom stereocenters. The number of urea groups is 1. The molecule has 108 valence electrons. The minimum Gasteiger partial charge on any atom is -0.481 e. The molecule has 0 radical (unpaired) electrons. The Kier molecular flexibility index (Phi) is 5.01. The quantitative estimate of drug-likeness (QED) is 0.796. The van der Waals surface area contributed by atoms with Crippen molar-refractivity contribution in [3.8, 4) is 0 Å². The molecule has 19 heavy (non-hydrogen) atoms. The van der Waals surface area contributed by atoms with Gasteiger partial charge in [-0.3, -0.25) is 4.79 Å². The summed E-state index contributed by atoms with van der Waals surface area (Å²) >= 11 is 0. The van der Waals surface area contributed by atoms with Crippen LogP contribution in [0.5, 0.6) is 0 Å². The fourth-order valence-electron chi connectivity index (χ4n) is 2.75. The van der Waals surface area contributed by atoms with Gasteiger partial charge in [-0.2, -0.15) is 0 Å². The second kappa shape index (κ2) is 6.75. The van der Waals surface area contributed by atoms with E-state index in [-0.39, 0.29) is 18.4 Å². The van der Waals surface area contributed by atoms with E-state index >= 15 is 0 Å². The number of piperidine rings is 1. The van der Waals surface area contributed by atoms with Crippen LogP contribution in [0.1, 0.15) is 25.7 Å². The maximum absolute atomic E-state index is 12.0. The van der Waals surface area contributed by atoms with Crippen LogP contribution in [0.25, 0.3) is 0 Å². The molecule has 0 bridgehead atoms. The van der Waals surface area contributed by atoms with Gasteiger partial charge in [0.15, 0.2) is 0 Å². The lowest BCUT2D eigenvalue weighted by Gasteiger charge is -2.32. The van der Waals surface area contributed by atoms with E-state index in [4.69, 9.17) is 9.84 Å². The summed E-state index contributed by atoms with van der Waals surface area (Å²) in [6.07, 6.45) is 2.94. The summed E-state index contributed by atoms with van der Waals surface area (Å²) in [7, 11) is 0. The van der Waals surface area contributed by atoms with Crippen molar-refractivity contribution >= 4 is 12.0 Å². The Morgan fingerprint density at radius 2 is 2.16 bits per heavy atom. The van der Waals surface area contributed by atoms with Crippen LogP contribution in [-0.4, -0.2) is 54.9 Å². The topological polar surface area (TPSA) is 78.9 Å². The lowest BCUT2D eigenvalue weighted by molar-refractivity contribution is -0.138. The normalized spacial score (nSPS) is 27.3. The minimum absolute atomic E-state index is 0.0676. The first-order chi connectivity index (χ1) is 9.15. The molecule has 2 heterocycles. The molecule has 0 saturated carbocycles. The summed E-state index contributed by atoms with van der Waals surface area (Å²) in [5.41, 5.74) is 0. The molecule has 0 aromatic rings. The zero-order valence-electron chi connectivity index (χ0n) is 11.1. The summed E-state index contributed by atoms with van der Waals surface area (Å²) in [6, 6.07) is -0.0676. The Morgan fingerprint density at radius 1 is 1.32 bits per heavy atom. The number of hydrogen-bond donors (Lipinski definition) is 2. The van der Waals surface area contributed by atoms with Crippen LogP contribution in [0.3, 0.4) is 0 Å². The van der Waals surface area contributed by atoms with Gasteiger partial charge >= 0.3 is 12.0 Å². The van der Waals surface area contributed by atoms with Gasteiger partial charge in [0.25, 0.3) is 0 Å². The zero-order chi connectivity index (χ0) is 13.7. The number of hydrogen-bond acceptors (Lipinski definition) is 3. The van der Waals surface area contributed by atoms with Gasteiger partial charge in [-0.1, -0.05) is 0 Å². The lowest BCUT2D eigenvalue weighted by Crippen LogP contribution is -2.47. The van der Waals surface area contributed by atoms with Crippen molar-refractivity contribution in [1.82, 2.24) is 10.2 Å². The average molecular weight is 270 g/mol. The third-order valence-electron chi connectivity index (χ3n) is 3.84. The molecule has 2 saturated heterocycles. The van der Waals surface area contributed by atoms with Crippen molar-refractivity contribution in [3.63, 3.8) is 0 Å². The maximum atomic E-state index is 12.0. The van der Waals surface area contributed by atoms with Gasteiger partial charge in [0, 0.05) is 38.6 Å². The first kappa shape index (κ1) is 14.1. The van der Waals surface area contributed by atoms with Gasteiger partial charge in [0.2, 0.25) is 0 Å². The van der Waals surface area contributed by atoms with Gasteiger partial charge < -0.3 is 20.1 Å². The maximum Gasteiger partial charge on any atom is 0.317 e. The van der Waals surface area contributed by atoms with Crippen LogP contribution >= 0.6 is 0 Å². The first-order valence-corrected chi connectivity index (χ1v) is 6.97. The molecule has 6 heteroatoms. The Bertz CT molecular complexity index is 329. The third-order valence-corrected chi connectivity index (χ3v) is 3.84. The number of nitrogens with one attached hydrogen (secondary N) is 1. The summed E-state index contributed by atoms with van der Waals surface area (Å²) in [5.74, 6) is -0.272. The molecule has 2 rings (SSSR count). The minimum atomic E-state index is -0.782. The number of ether oxygens (including phenoxy) is 1. The van der Waals surface area contributed by atoms with Crippen molar-refractivity contribution < 1.29 is 19.4 Å². The number of rotatable bonds is 4. The molecule has 2 aliphatic rings. The summed E-state index contributed by atoms with van der Waals surface area (Å²) in [4.78, 5) is 24.5. The fraction of sp³-hybridized carbons (Fsp3) is 0.846.